The summed E-state index contributed by atoms with van der Waals surface area (Å²) >= 11 is 0.792. The highest BCUT2D eigenvalue weighted by Crippen LogP contribution is 2.42. The number of hydrogen-bond donors (Lipinski definition) is 0. The molecule has 234 valence electrons. The van der Waals surface area contributed by atoms with E-state index in [9.17, 15) is 5.48 Å². The smallest absolute Gasteiger partial charge is 0.167 e. The fraction of sp³-hybridized carbons (Fsp3) is 0. The molecule has 0 aliphatic rings. The molecule has 0 aliphatic carbocycles. The SMILES string of the molecule is [2H]c1c([2H])c([2H])c(-c2c([2H])c([2H])c([2H])c(-c3c([2H])c([2H])c([2H])c4c3sc3c([2H])c(-c5nc(-c6ccccc6)nc(-c6cccc7c6oc6ccccc67)n5)c([2H])c([2H])c34)c2[2H])c([2H])c1[2H]. The first-order valence-electron chi connectivity index (χ1n) is 22.9. The number of para-hydroxylation sites is 2. The van der Waals surface area contributed by atoms with Gasteiger partial charge in [0.25, 0.3) is 0 Å². The molecule has 0 amide bonds. The van der Waals surface area contributed by atoms with Crippen LogP contribution in [-0.2, 0) is 0 Å². The lowest BCUT2D eigenvalue weighted by atomic mass is 9.98. The summed E-state index contributed by atoms with van der Waals surface area (Å²) in [4.78, 5) is 14.4. The van der Waals surface area contributed by atoms with Gasteiger partial charge in [0.2, 0.25) is 0 Å². The van der Waals surface area contributed by atoms with Crippen LogP contribution in [0.15, 0.2) is 168 Å². The molecule has 5 heteroatoms. The molecule has 0 N–H and O–H groups in total. The lowest BCUT2D eigenvalue weighted by Gasteiger charge is -2.09. The Hall–Kier alpha value is -6.43. The molecule has 3 heterocycles. The first kappa shape index (κ1) is 17.3. The minimum absolute atomic E-state index is 0.0190. The molecule has 0 bridgehead atoms. The monoisotopic (exact) mass is 672 g/mol. The fourth-order valence-corrected chi connectivity index (χ4v) is 7.04. The molecule has 0 fully saturated rings. The van der Waals surface area contributed by atoms with E-state index >= 15 is 0 Å². The third kappa shape index (κ3) is 4.79. The van der Waals surface area contributed by atoms with Gasteiger partial charge in [0, 0.05) is 42.1 Å². The first-order valence-corrected chi connectivity index (χ1v) is 16.2. The van der Waals surface area contributed by atoms with Crippen molar-refractivity contribution in [3.05, 3.63) is 163 Å². The van der Waals surface area contributed by atoms with E-state index in [1.165, 1.54) is 0 Å². The van der Waals surface area contributed by atoms with E-state index in [2.05, 4.69) is 0 Å². The van der Waals surface area contributed by atoms with E-state index in [1.54, 1.807) is 30.3 Å². The molecule has 10 aromatic rings. The topological polar surface area (TPSA) is 51.8 Å². The molecular formula is C45H27N3OS. The highest BCUT2D eigenvalue weighted by atomic mass is 32.1. The Labute approximate surface area is 313 Å². The zero-order valence-electron chi connectivity index (χ0n) is 40.6. The third-order valence-electron chi connectivity index (χ3n) is 8.22. The van der Waals surface area contributed by atoms with Gasteiger partial charge in [-0.1, -0.05) is 139 Å². The molecule has 10 rings (SSSR count). The van der Waals surface area contributed by atoms with E-state index in [0.717, 1.165) is 22.1 Å². The van der Waals surface area contributed by atoms with Crippen LogP contribution < -0.4 is 0 Å². The molecule has 0 unspecified atom stereocenters. The van der Waals surface area contributed by atoms with Gasteiger partial charge in [0.15, 0.2) is 17.5 Å². The molecule has 0 saturated heterocycles. The summed E-state index contributed by atoms with van der Waals surface area (Å²) in [6.07, 6.45) is 0. The van der Waals surface area contributed by atoms with E-state index in [0.29, 0.717) is 22.3 Å². The van der Waals surface area contributed by atoms with Gasteiger partial charge in [-0.15, -0.1) is 11.3 Å². The quantitative estimate of drug-likeness (QED) is 0.183. The number of benzene rings is 7. The van der Waals surface area contributed by atoms with Crippen molar-refractivity contribution < 1.29 is 25.0 Å². The zero-order valence-corrected chi connectivity index (χ0v) is 26.4. The summed E-state index contributed by atoms with van der Waals surface area (Å²) in [7, 11) is 0. The Morgan fingerprint density at radius 2 is 1.20 bits per heavy atom. The minimum atomic E-state index is -0.802. The predicted molar refractivity (Wildman–Crippen MR) is 207 cm³/mol. The zero-order chi connectivity index (χ0) is 46.1. The van der Waals surface area contributed by atoms with E-state index < -0.39 is 101 Å². The van der Waals surface area contributed by atoms with Crippen molar-refractivity contribution in [1.82, 2.24) is 15.0 Å². The Balaban J connectivity index is 1.27. The Kier molecular flexibility index (Phi) is 4.02. The van der Waals surface area contributed by atoms with Crippen LogP contribution in [-0.4, -0.2) is 15.0 Å². The largest absolute Gasteiger partial charge is 0.455 e. The Bertz CT molecular complexity index is 3710. The van der Waals surface area contributed by atoms with Crippen LogP contribution in [0, 0.1) is 0 Å². The molecular weight excluding hydrogens is 631 g/mol. The van der Waals surface area contributed by atoms with Crippen molar-refractivity contribution in [1.29, 1.82) is 0 Å². The van der Waals surface area contributed by atoms with Crippen LogP contribution in [0.3, 0.4) is 0 Å². The van der Waals surface area contributed by atoms with E-state index in [-0.39, 0.29) is 54.8 Å². The second-order valence-electron chi connectivity index (χ2n) is 11.2. The van der Waals surface area contributed by atoms with Crippen molar-refractivity contribution in [3.63, 3.8) is 0 Å². The fourth-order valence-electron chi connectivity index (χ4n) is 5.92. The Morgan fingerprint density at radius 1 is 0.460 bits per heavy atom. The van der Waals surface area contributed by atoms with Crippen molar-refractivity contribution >= 4 is 53.4 Å². The number of hydrogen-bond acceptors (Lipinski definition) is 5. The maximum Gasteiger partial charge on any atom is 0.167 e. The number of fused-ring (bicyclic) bond motifs is 6. The van der Waals surface area contributed by atoms with Gasteiger partial charge in [-0.05, 0) is 46.5 Å². The van der Waals surface area contributed by atoms with Gasteiger partial charge in [-0.3, -0.25) is 0 Å². The highest BCUT2D eigenvalue weighted by molar-refractivity contribution is 7.26. The van der Waals surface area contributed by atoms with Crippen LogP contribution in [0.25, 0.3) is 98.5 Å². The molecule has 0 spiro atoms. The van der Waals surface area contributed by atoms with E-state index in [1.807, 2.05) is 42.5 Å². The molecule has 0 atom stereocenters. The second-order valence-corrected chi connectivity index (χ2v) is 12.2. The maximum atomic E-state index is 9.66. The van der Waals surface area contributed by atoms with Gasteiger partial charge in [-0.2, -0.15) is 0 Å². The lowest BCUT2D eigenvalue weighted by Crippen LogP contribution is -2.00. The first-order chi connectivity index (χ1) is 31.0. The standard InChI is InChI=1S/C45H27N3OS/c1-3-12-28(13-4-1)30-16-9-17-31(26-30)33-19-10-21-37-35-25-24-32(27-40(35)50-42(33)37)44-46-43(29-14-5-2-6-15-29)47-45(48-44)38-22-11-20-36-34-18-7-8-23-39(34)49-41(36)38/h1-27H/i1D,3D,4D,9D,10D,12D,13D,16D,17D,19D,21D,24D,25D,26D,27D. The summed E-state index contributed by atoms with van der Waals surface area (Å²) in [5.74, 6) is 0.214. The summed E-state index contributed by atoms with van der Waals surface area (Å²) < 4.78 is 140. The summed E-state index contributed by atoms with van der Waals surface area (Å²) in [6, 6.07) is 12.0. The van der Waals surface area contributed by atoms with Crippen LogP contribution in [0.4, 0.5) is 0 Å². The molecule has 0 radical (unpaired) electrons. The molecule has 0 saturated carbocycles. The predicted octanol–water partition coefficient (Wildman–Crippen LogP) is 12.5. The number of thiophene rings is 1. The van der Waals surface area contributed by atoms with Gasteiger partial charge < -0.3 is 4.42 Å². The third-order valence-corrected chi connectivity index (χ3v) is 9.35. The molecule has 4 nitrogen and oxygen atoms in total. The van der Waals surface area contributed by atoms with Crippen molar-refractivity contribution in [2.75, 3.05) is 0 Å². The Morgan fingerprint density at radius 3 is 2.10 bits per heavy atom. The summed E-state index contributed by atoms with van der Waals surface area (Å²) in [5.41, 5.74) is 0.0507. The molecule has 7 aromatic carbocycles. The number of furan rings is 1. The number of rotatable bonds is 5. The molecule has 50 heavy (non-hydrogen) atoms. The highest BCUT2D eigenvalue weighted by Gasteiger charge is 2.19. The van der Waals surface area contributed by atoms with Crippen molar-refractivity contribution in [2.45, 2.75) is 0 Å². The van der Waals surface area contributed by atoms with E-state index in [4.69, 9.17) is 34.4 Å². The number of nitrogens with zero attached hydrogens (tertiary/aromatic N) is 3. The molecule has 0 aliphatic heterocycles. The average Bonchev–Trinajstić information content (AvgIpc) is 3.90. The van der Waals surface area contributed by atoms with Gasteiger partial charge in [0.05, 0.1) is 26.1 Å². The average molecular weight is 673 g/mol. The van der Waals surface area contributed by atoms with Crippen LogP contribution in [0.2, 0.25) is 0 Å². The summed E-state index contributed by atoms with van der Waals surface area (Å²) in [6.45, 7) is 0. The van der Waals surface area contributed by atoms with Crippen LogP contribution in [0.5, 0.6) is 0 Å². The van der Waals surface area contributed by atoms with Crippen molar-refractivity contribution in [3.8, 4) is 56.4 Å². The summed E-state index contributed by atoms with van der Waals surface area (Å²) in [5, 5.41) is 1.44. The second kappa shape index (κ2) is 11.6. The lowest BCUT2D eigenvalue weighted by molar-refractivity contribution is 0.669. The number of aromatic nitrogens is 3. The van der Waals surface area contributed by atoms with Gasteiger partial charge >= 0.3 is 0 Å². The normalized spacial score (nSPS) is 15.8. The minimum Gasteiger partial charge on any atom is -0.455 e. The van der Waals surface area contributed by atoms with Gasteiger partial charge in [0.1, 0.15) is 11.2 Å². The molecule has 3 aromatic heterocycles. The van der Waals surface area contributed by atoms with Crippen molar-refractivity contribution in [2.24, 2.45) is 0 Å². The van der Waals surface area contributed by atoms with Crippen LogP contribution in [0.1, 0.15) is 20.6 Å². The van der Waals surface area contributed by atoms with Crippen LogP contribution >= 0.6 is 11.3 Å². The van der Waals surface area contributed by atoms with Gasteiger partial charge in [-0.25, -0.2) is 15.0 Å². The maximum absolute atomic E-state index is 9.66.